The van der Waals surface area contributed by atoms with Gasteiger partial charge in [0.05, 0.1) is 13.7 Å². The summed E-state index contributed by atoms with van der Waals surface area (Å²) in [7, 11) is 1.64. The van der Waals surface area contributed by atoms with Crippen LogP contribution in [0, 0.1) is 0 Å². The van der Waals surface area contributed by atoms with Gasteiger partial charge in [0.2, 0.25) is 0 Å². The van der Waals surface area contributed by atoms with Crippen molar-refractivity contribution in [3.8, 4) is 5.75 Å². The van der Waals surface area contributed by atoms with E-state index in [1.165, 1.54) is 0 Å². The third-order valence-electron chi connectivity index (χ3n) is 5.00. The van der Waals surface area contributed by atoms with E-state index in [4.69, 9.17) is 9.47 Å². The van der Waals surface area contributed by atoms with Gasteiger partial charge >= 0.3 is 0 Å². The lowest BCUT2D eigenvalue weighted by Gasteiger charge is -2.35. The van der Waals surface area contributed by atoms with E-state index in [0.29, 0.717) is 19.7 Å². The fraction of sp³-hybridized carbons (Fsp3) is 0.381. The van der Waals surface area contributed by atoms with Gasteiger partial charge in [0.1, 0.15) is 22.2 Å². The van der Waals surface area contributed by atoms with Crippen molar-refractivity contribution in [1.82, 2.24) is 14.9 Å². The number of anilines is 1. The second kappa shape index (κ2) is 8.75. The normalized spacial score (nSPS) is 15.5. The summed E-state index contributed by atoms with van der Waals surface area (Å²) >= 11 is 1.59. The predicted octanol–water partition coefficient (Wildman–Crippen LogP) is 2.95. The van der Waals surface area contributed by atoms with Crippen LogP contribution in [0.15, 0.2) is 42.6 Å². The molecule has 0 bridgehead atoms. The minimum absolute atomic E-state index is 0.0264. The number of thiazole rings is 1. The number of methoxy groups -OCH3 is 1. The third kappa shape index (κ3) is 4.49. The molecular formula is C21H24N4O3S. The number of fused-ring (bicyclic) bond motifs is 1. The highest BCUT2D eigenvalue weighted by Crippen LogP contribution is 2.27. The molecule has 1 saturated heterocycles. The topological polar surface area (TPSA) is 67.8 Å². The molecule has 29 heavy (non-hydrogen) atoms. The van der Waals surface area contributed by atoms with Gasteiger partial charge < -0.3 is 19.3 Å². The number of hydrogen-bond acceptors (Lipinski definition) is 7. The maximum atomic E-state index is 12.8. The first-order chi connectivity index (χ1) is 14.1. The monoisotopic (exact) mass is 412 g/mol. The van der Waals surface area contributed by atoms with Gasteiger partial charge in [-0.1, -0.05) is 23.5 Å². The summed E-state index contributed by atoms with van der Waals surface area (Å²) in [6.45, 7) is 5.03. The van der Waals surface area contributed by atoms with E-state index < -0.39 is 6.10 Å². The van der Waals surface area contributed by atoms with Crippen LogP contribution in [0.25, 0.3) is 10.3 Å². The van der Waals surface area contributed by atoms with Gasteiger partial charge in [-0.15, -0.1) is 0 Å². The molecule has 0 N–H and O–H groups in total. The molecule has 1 aromatic carbocycles. The molecule has 7 nitrogen and oxygen atoms in total. The highest BCUT2D eigenvalue weighted by Gasteiger charge is 2.26. The first-order valence-electron chi connectivity index (χ1n) is 9.64. The van der Waals surface area contributed by atoms with Crippen LogP contribution in [-0.2, 0) is 16.1 Å². The minimum Gasteiger partial charge on any atom is -0.497 e. The van der Waals surface area contributed by atoms with Crippen molar-refractivity contribution in [3.63, 3.8) is 0 Å². The van der Waals surface area contributed by atoms with Gasteiger partial charge in [0.25, 0.3) is 5.91 Å². The van der Waals surface area contributed by atoms with Crippen LogP contribution < -0.4 is 9.64 Å². The van der Waals surface area contributed by atoms with Crippen LogP contribution in [0.4, 0.5) is 5.13 Å². The zero-order valence-corrected chi connectivity index (χ0v) is 17.4. The average Bonchev–Trinajstić information content (AvgIpc) is 3.21. The molecule has 3 aromatic rings. The SMILES string of the molecule is COc1cccc(COC(C)C(=O)N2CCN(c3nc4cccnc4s3)CC2)c1. The first kappa shape index (κ1) is 19.6. The van der Waals surface area contributed by atoms with E-state index in [2.05, 4.69) is 14.9 Å². The second-order valence-electron chi connectivity index (χ2n) is 6.94. The summed E-state index contributed by atoms with van der Waals surface area (Å²) in [4.78, 5) is 26.8. The van der Waals surface area contributed by atoms with E-state index >= 15 is 0 Å². The Kier molecular flexibility index (Phi) is 5.92. The summed E-state index contributed by atoms with van der Waals surface area (Å²) in [5, 5.41) is 0.966. The molecule has 1 atom stereocenters. The van der Waals surface area contributed by atoms with Crippen LogP contribution in [-0.4, -0.2) is 60.2 Å². The number of piperazine rings is 1. The van der Waals surface area contributed by atoms with Crippen LogP contribution in [0.5, 0.6) is 5.75 Å². The van der Waals surface area contributed by atoms with Crippen LogP contribution >= 0.6 is 11.3 Å². The van der Waals surface area contributed by atoms with Gasteiger partial charge in [0, 0.05) is 32.4 Å². The maximum Gasteiger partial charge on any atom is 0.251 e. The Morgan fingerprint density at radius 1 is 1.21 bits per heavy atom. The fourth-order valence-corrected chi connectivity index (χ4v) is 4.28. The van der Waals surface area contributed by atoms with Gasteiger partial charge in [-0.05, 0) is 36.8 Å². The fourth-order valence-electron chi connectivity index (χ4n) is 3.32. The number of pyridine rings is 1. The molecule has 3 heterocycles. The lowest BCUT2D eigenvalue weighted by Crippen LogP contribution is -2.51. The molecule has 152 valence electrons. The molecule has 1 unspecified atom stereocenters. The number of rotatable bonds is 6. The summed E-state index contributed by atoms with van der Waals surface area (Å²) < 4.78 is 11.0. The molecule has 1 aliphatic heterocycles. The number of carbonyl (C=O) groups is 1. The van der Waals surface area contributed by atoms with Crippen molar-refractivity contribution in [1.29, 1.82) is 0 Å². The molecule has 0 saturated carbocycles. The maximum absolute atomic E-state index is 12.8. The van der Waals surface area contributed by atoms with Crippen molar-refractivity contribution in [2.75, 3.05) is 38.2 Å². The van der Waals surface area contributed by atoms with Gasteiger partial charge in [-0.25, -0.2) is 9.97 Å². The van der Waals surface area contributed by atoms with Crippen molar-refractivity contribution in [3.05, 3.63) is 48.2 Å². The molecule has 4 rings (SSSR count). The zero-order chi connectivity index (χ0) is 20.2. The number of benzene rings is 1. The second-order valence-corrected chi connectivity index (χ2v) is 7.90. The highest BCUT2D eigenvalue weighted by molar-refractivity contribution is 7.21. The Bertz CT molecular complexity index is 952. The van der Waals surface area contributed by atoms with Gasteiger partial charge in [-0.3, -0.25) is 4.79 Å². The molecular weight excluding hydrogens is 388 g/mol. The largest absolute Gasteiger partial charge is 0.497 e. The van der Waals surface area contributed by atoms with Crippen molar-refractivity contribution in [2.24, 2.45) is 0 Å². The standard InChI is InChI=1S/C21H24N4O3S/c1-15(28-14-16-5-3-6-17(13-16)27-2)20(26)24-9-11-25(12-10-24)21-23-18-7-4-8-22-19(18)29-21/h3-8,13,15H,9-12,14H2,1-2H3. The zero-order valence-electron chi connectivity index (χ0n) is 16.6. The average molecular weight is 413 g/mol. The predicted molar refractivity (Wildman–Crippen MR) is 113 cm³/mol. The number of hydrogen-bond donors (Lipinski definition) is 0. The molecule has 8 heteroatoms. The summed E-state index contributed by atoms with van der Waals surface area (Å²) in [5.74, 6) is 0.810. The Hall–Kier alpha value is -2.71. The van der Waals surface area contributed by atoms with Crippen molar-refractivity contribution >= 4 is 32.7 Å². The number of amides is 1. The van der Waals surface area contributed by atoms with Crippen LogP contribution in [0.1, 0.15) is 12.5 Å². The molecule has 0 aliphatic carbocycles. The lowest BCUT2D eigenvalue weighted by molar-refractivity contribution is -0.143. The van der Waals surface area contributed by atoms with Crippen LogP contribution in [0.3, 0.4) is 0 Å². The van der Waals surface area contributed by atoms with Crippen molar-refractivity contribution in [2.45, 2.75) is 19.6 Å². The smallest absolute Gasteiger partial charge is 0.251 e. The molecule has 1 aliphatic rings. The molecule has 0 radical (unpaired) electrons. The molecule has 0 spiro atoms. The molecule has 1 amide bonds. The Morgan fingerprint density at radius 3 is 2.79 bits per heavy atom. The lowest BCUT2D eigenvalue weighted by atomic mass is 10.2. The molecule has 1 fully saturated rings. The van der Waals surface area contributed by atoms with E-state index in [0.717, 1.165) is 39.9 Å². The summed E-state index contributed by atoms with van der Waals surface area (Å²) in [6.07, 6.45) is 1.30. The Morgan fingerprint density at radius 2 is 2.03 bits per heavy atom. The van der Waals surface area contributed by atoms with E-state index in [1.807, 2.05) is 48.2 Å². The van der Waals surface area contributed by atoms with E-state index in [9.17, 15) is 4.79 Å². The summed E-state index contributed by atoms with van der Waals surface area (Å²) in [6, 6.07) is 11.6. The Labute approximate surface area is 173 Å². The summed E-state index contributed by atoms with van der Waals surface area (Å²) in [5.41, 5.74) is 1.91. The first-order valence-corrected chi connectivity index (χ1v) is 10.5. The van der Waals surface area contributed by atoms with E-state index in [-0.39, 0.29) is 5.91 Å². The third-order valence-corrected chi connectivity index (χ3v) is 6.04. The number of ether oxygens (including phenoxy) is 2. The quantitative estimate of drug-likeness (QED) is 0.620. The number of carbonyl (C=O) groups excluding carboxylic acids is 1. The highest BCUT2D eigenvalue weighted by atomic mass is 32.1. The Balaban J connectivity index is 1.29. The van der Waals surface area contributed by atoms with Gasteiger partial charge in [-0.2, -0.15) is 0 Å². The molecule has 2 aromatic heterocycles. The minimum atomic E-state index is -0.487. The number of aromatic nitrogens is 2. The van der Waals surface area contributed by atoms with E-state index in [1.54, 1.807) is 24.6 Å². The van der Waals surface area contributed by atoms with Gasteiger partial charge in [0.15, 0.2) is 5.13 Å². The number of nitrogens with zero attached hydrogens (tertiary/aromatic N) is 4. The van der Waals surface area contributed by atoms with Crippen LogP contribution in [0.2, 0.25) is 0 Å². The van der Waals surface area contributed by atoms with Crippen molar-refractivity contribution < 1.29 is 14.3 Å².